The second-order valence-electron chi connectivity index (χ2n) is 5.59. The topological polar surface area (TPSA) is 35.0 Å². The van der Waals surface area contributed by atoms with Crippen molar-refractivity contribution in [3.05, 3.63) is 82.7 Å². The normalized spacial score (nSPS) is 11.0. The predicted molar refractivity (Wildman–Crippen MR) is 104 cm³/mol. The molecule has 6 heteroatoms. The number of aromatic nitrogens is 2. The van der Waals surface area contributed by atoms with Crippen molar-refractivity contribution < 1.29 is 9.13 Å². The zero-order chi connectivity index (χ0) is 17.8. The third-order valence-corrected chi connectivity index (χ3v) is 5.74. The van der Waals surface area contributed by atoms with Crippen molar-refractivity contribution >= 4 is 34.0 Å². The van der Waals surface area contributed by atoms with Crippen molar-refractivity contribution in [2.75, 3.05) is 0 Å². The van der Waals surface area contributed by atoms with E-state index in [2.05, 4.69) is 21.4 Å². The van der Waals surface area contributed by atoms with Gasteiger partial charge in [0.25, 0.3) is 0 Å². The maximum Gasteiger partial charge on any atom is 0.140 e. The van der Waals surface area contributed by atoms with Gasteiger partial charge in [0.1, 0.15) is 23.2 Å². The molecule has 26 heavy (non-hydrogen) atoms. The molecule has 0 N–H and O–H groups in total. The van der Waals surface area contributed by atoms with Gasteiger partial charge in [-0.05, 0) is 36.4 Å². The molecule has 3 nitrogen and oxygen atoms in total. The van der Waals surface area contributed by atoms with E-state index >= 15 is 0 Å². The predicted octanol–water partition coefficient (Wildman–Crippen LogP) is 5.70. The Morgan fingerprint density at radius 1 is 1.04 bits per heavy atom. The lowest BCUT2D eigenvalue weighted by molar-refractivity contribution is 0.305. The Kier molecular flexibility index (Phi) is 5.13. The standard InChI is InChI=1S/C20H15FN2OS2/c21-14-5-7-16(8-6-14)24-11-20-23-15(13-26-20)12-25-19-9-10-22-18-4-2-1-3-17(18)19/h1-10,13H,11-12H2. The van der Waals surface area contributed by atoms with E-state index in [4.69, 9.17) is 4.74 Å². The summed E-state index contributed by atoms with van der Waals surface area (Å²) in [6.45, 7) is 0.388. The van der Waals surface area contributed by atoms with Crippen LogP contribution in [0.2, 0.25) is 0 Å². The van der Waals surface area contributed by atoms with Crippen LogP contribution in [0.5, 0.6) is 5.75 Å². The fraction of sp³-hybridized carbons (Fsp3) is 0.100. The van der Waals surface area contributed by atoms with Gasteiger partial charge in [-0.25, -0.2) is 9.37 Å². The number of para-hydroxylation sites is 1. The minimum Gasteiger partial charge on any atom is -0.486 e. The summed E-state index contributed by atoms with van der Waals surface area (Å²) < 4.78 is 18.6. The van der Waals surface area contributed by atoms with Crippen molar-refractivity contribution in [3.63, 3.8) is 0 Å². The molecular weight excluding hydrogens is 367 g/mol. The highest BCUT2D eigenvalue weighted by Gasteiger charge is 2.07. The Balaban J connectivity index is 1.38. The number of ether oxygens (including phenoxy) is 1. The van der Waals surface area contributed by atoms with Crippen LogP contribution in [0.3, 0.4) is 0 Å². The van der Waals surface area contributed by atoms with Gasteiger partial charge in [0.05, 0.1) is 11.2 Å². The highest BCUT2D eigenvalue weighted by atomic mass is 32.2. The quantitative estimate of drug-likeness (QED) is 0.401. The van der Waals surface area contributed by atoms with Crippen LogP contribution in [0.1, 0.15) is 10.7 Å². The van der Waals surface area contributed by atoms with Gasteiger partial charge < -0.3 is 4.74 Å². The Morgan fingerprint density at radius 2 is 1.88 bits per heavy atom. The summed E-state index contributed by atoms with van der Waals surface area (Å²) in [4.78, 5) is 10.2. The third-order valence-electron chi connectivity index (χ3n) is 3.76. The van der Waals surface area contributed by atoms with E-state index in [0.717, 1.165) is 27.4 Å². The highest BCUT2D eigenvalue weighted by molar-refractivity contribution is 7.98. The molecule has 4 aromatic rings. The molecule has 0 amide bonds. The fourth-order valence-electron chi connectivity index (χ4n) is 2.50. The molecule has 2 aromatic carbocycles. The molecule has 130 valence electrons. The molecule has 0 fully saturated rings. The van der Waals surface area contributed by atoms with E-state index in [9.17, 15) is 4.39 Å². The van der Waals surface area contributed by atoms with Crippen molar-refractivity contribution in [3.8, 4) is 5.75 Å². The van der Waals surface area contributed by atoms with Crippen LogP contribution >= 0.6 is 23.1 Å². The molecule has 0 aliphatic rings. The van der Waals surface area contributed by atoms with Crippen LogP contribution in [0.25, 0.3) is 10.9 Å². The van der Waals surface area contributed by atoms with Crippen molar-refractivity contribution in [2.45, 2.75) is 17.3 Å². The minimum atomic E-state index is -0.269. The second kappa shape index (κ2) is 7.85. The lowest BCUT2D eigenvalue weighted by Gasteiger charge is -2.04. The van der Waals surface area contributed by atoms with Crippen LogP contribution < -0.4 is 4.74 Å². The van der Waals surface area contributed by atoms with Crippen LogP contribution in [0.4, 0.5) is 4.39 Å². The Bertz CT molecular complexity index is 1010. The van der Waals surface area contributed by atoms with Crippen molar-refractivity contribution in [2.24, 2.45) is 0 Å². The van der Waals surface area contributed by atoms with E-state index in [1.54, 1.807) is 35.2 Å². The van der Waals surface area contributed by atoms with Crippen molar-refractivity contribution in [1.29, 1.82) is 0 Å². The molecule has 0 radical (unpaired) electrons. The number of pyridine rings is 1. The number of halogens is 1. The first kappa shape index (κ1) is 17.0. The number of thiazole rings is 1. The minimum absolute atomic E-state index is 0.269. The zero-order valence-electron chi connectivity index (χ0n) is 13.8. The Hall–Kier alpha value is -2.44. The van der Waals surface area contributed by atoms with Crippen LogP contribution in [0, 0.1) is 5.82 Å². The largest absolute Gasteiger partial charge is 0.486 e. The van der Waals surface area contributed by atoms with Gasteiger partial charge in [0, 0.05) is 27.6 Å². The lowest BCUT2D eigenvalue weighted by Crippen LogP contribution is -1.95. The summed E-state index contributed by atoms with van der Waals surface area (Å²) in [6, 6.07) is 16.2. The average molecular weight is 382 g/mol. The summed E-state index contributed by atoms with van der Waals surface area (Å²) in [7, 11) is 0. The fourth-order valence-corrected chi connectivity index (χ4v) is 4.25. The molecule has 2 heterocycles. The molecule has 0 spiro atoms. The second-order valence-corrected chi connectivity index (χ2v) is 7.55. The number of nitrogens with zero attached hydrogens (tertiary/aromatic N) is 2. The number of rotatable bonds is 6. The monoisotopic (exact) mass is 382 g/mol. The molecule has 0 aliphatic carbocycles. The summed E-state index contributed by atoms with van der Waals surface area (Å²) in [5.41, 5.74) is 2.03. The number of benzene rings is 2. The first-order chi connectivity index (χ1) is 12.8. The van der Waals surface area contributed by atoms with E-state index in [0.29, 0.717) is 12.4 Å². The van der Waals surface area contributed by atoms with Gasteiger partial charge >= 0.3 is 0 Å². The Morgan fingerprint density at radius 3 is 2.77 bits per heavy atom. The van der Waals surface area contributed by atoms with Crippen LogP contribution in [-0.4, -0.2) is 9.97 Å². The van der Waals surface area contributed by atoms with Crippen LogP contribution in [-0.2, 0) is 12.4 Å². The molecule has 0 bridgehead atoms. The van der Waals surface area contributed by atoms with Crippen molar-refractivity contribution in [1.82, 2.24) is 9.97 Å². The molecule has 0 atom stereocenters. The van der Waals surface area contributed by atoms with Gasteiger partial charge in [-0.15, -0.1) is 23.1 Å². The number of hydrogen-bond acceptors (Lipinski definition) is 5. The molecule has 2 aromatic heterocycles. The molecule has 4 rings (SSSR count). The molecule has 0 unspecified atom stereocenters. The molecule has 0 saturated heterocycles. The van der Waals surface area contributed by atoms with Gasteiger partial charge in [-0.1, -0.05) is 18.2 Å². The summed E-state index contributed by atoms with van der Waals surface area (Å²) in [5.74, 6) is 1.16. The van der Waals surface area contributed by atoms with E-state index < -0.39 is 0 Å². The van der Waals surface area contributed by atoms with E-state index in [1.165, 1.54) is 17.0 Å². The number of fused-ring (bicyclic) bond motifs is 1. The smallest absolute Gasteiger partial charge is 0.140 e. The van der Waals surface area contributed by atoms with Gasteiger partial charge in [0.15, 0.2) is 0 Å². The SMILES string of the molecule is Fc1ccc(OCc2nc(CSc3ccnc4ccccc34)cs2)cc1. The number of hydrogen-bond donors (Lipinski definition) is 0. The lowest BCUT2D eigenvalue weighted by atomic mass is 10.2. The molecular formula is C20H15FN2OS2. The maximum atomic E-state index is 12.9. The van der Waals surface area contributed by atoms with Crippen LogP contribution in [0.15, 0.2) is 71.1 Å². The number of thioether (sulfide) groups is 1. The summed E-state index contributed by atoms with van der Waals surface area (Å²) >= 11 is 3.33. The van der Waals surface area contributed by atoms with Gasteiger partial charge in [0.2, 0.25) is 0 Å². The summed E-state index contributed by atoms with van der Waals surface area (Å²) in [6.07, 6.45) is 1.84. The van der Waals surface area contributed by atoms with Gasteiger partial charge in [-0.2, -0.15) is 0 Å². The molecule has 0 saturated carbocycles. The van der Waals surface area contributed by atoms with E-state index in [1.807, 2.05) is 30.5 Å². The first-order valence-corrected chi connectivity index (χ1v) is 9.93. The maximum absolute atomic E-state index is 12.9. The van der Waals surface area contributed by atoms with Gasteiger partial charge in [-0.3, -0.25) is 4.98 Å². The average Bonchev–Trinajstić information content (AvgIpc) is 3.14. The molecule has 0 aliphatic heterocycles. The third kappa shape index (κ3) is 4.03. The first-order valence-electron chi connectivity index (χ1n) is 8.06. The Labute approximate surface area is 158 Å². The summed E-state index contributed by atoms with van der Waals surface area (Å²) in [5, 5.41) is 4.12. The zero-order valence-corrected chi connectivity index (χ0v) is 15.4. The van der Waals surface area contributed by atoms with E-state index in [-0.39, 0.29) is 5.82 Å². The highest BCUT2D eigenvalue weighted by Crippen LogP contribution is 2.29.